The summed E-state index contributed by atoms with van der Waals surface area (Å²) in [6.45, 7) is 1.33. The first-order chi connectivity index (χ1) is 13.7. The first kappa shape index (κ1) is 23.6. The van der Waals surface area contributed by atoms with Crippen LogP contribution in [0.5, 0.6) is 5.88 Å². The molecular weight excluding hydrogens is 461 g/mol. The molecule has 1 aromatic heterocycles. The van der Waals surface area contributed by atoms with Gasteiger partial charge < -0.3 is 15.8 Å². The second-order valence-electron chi connectivity index (χ2n) is 5.62. The van der Waals surface area contributed by atoms with Crippen LogP contribution in [0.4, 0.5) is 0 Å². The van der Waals surface area contributed by atoms with Crippen molar-refractivity contribution in [2.24, 2.45) is 5.73 Å². The third-order valence-electron chi connectivity index (χ3n) is 3.54. The molecule has 13 heteroatoms. The summed E-state index contributed by atoms with van der Waals surface area (Å²) in [6.07, 6.45) is 1.35. The monoisotopic (exact) mass is 479 g/mol. The van der Waals surface area contributed by atoms with Crippen molar-refractivity contribution in [1.82, 2.24) is 20.0 Å². The second-order valence-corrected chi connectivity index (χ2v) is 9.15. The summed E-state index contributed by atoms with van der Waals surface area (Å²) < 4.78 is 32.2. The molecule has 2 aromatic rings. The van der Waals surface area contributed by atoms with E-state index in [0.29, 0.717) is 16.5 Å². The highest BCUT2D eigenvalue weighted by Gasteiger charge is 2.19. The molecule has 1 aromatic carbocycles. The lowest BCUT2D eigenvalue weighted by molar-refractivity contribution is -0.121. The van der Waals surface area contributed by atoms with Gasteiger partial charge in [-0.15, -0.1) is 11.8 Å². The maximum Gasteiger partial charge on any atom is 0.244 e. The molecule has 2 rings (SSSR count). The highest BCUT2D eigenvalue weighted by atomic mass is 35.5. The Morgan fingerprint density at radius 2 is 2.10 bits per heavy atom. The van der Waals surface area contributed by atoms with Gasteiger partial charge >= 0.3 is 0 Å². The zero-order chi connectivity index (χ0) is 21.6. The summed E-state index contributed by atoms with van der Waals surface area (Å²) in [5.41, 5.74) is 6.29. The SMILES string of the molecule is CNC(=O)[C@@H](N)CSc1ncc(OCNS(=O)(=O)c2cccc(Cl)c2Cl)nc1C. The Morgan fingerprint density at radius 3 is 2.76 bits per heavy atom. The van der Waals surface area contributed by atoms with Crippen LogP contribution in [-0.4, -0.2) is 49.9 Å². The molecule has 4 N–H and O–H groups in total. The van der Waals surface area contributed by atoms with Crippen LogP contribution in [-0.2, 0) is 14.8 Å². The zero-order valence-electron chi connectivity index (χ0n) is 15.5. The van der Waals surface area contributed by atoms with E-state index < -0.39 is 16.1 Å². The number of aromatic nitrogens is 2. The lowest BCUT2D eigenvalue weighted by Crippen LogP contribution is -2.40. The number of carbonyl (C=O) groups excluding carboxylic acids is 1. The number of likely N-dealkylation sites (N-methyl/N-ethyl adjacent to an activating group) is 1. The number of thioether (sulfide) groups is 1. The number of amides is 1. The molecule has 0 radical (unpaired) electrons. The van der Waals surface area contributed by atoms with Gasteiger partial charge in [-0.05, 0) is 19.1 Å². The normalized spacial score (nSPS) is 12.4. The molecule has 1 heterocycles. The number of hydrogen-bond acceptors (Lipinski definition) is 8. The summed E-state index contributed by atoms with van der Waals surface area (Å²) >= 11 is 13.1. The maximum atomic E-state index is 12.3. The van der Waals surface area contributed by atoms with Crippen molar-refractivity contribution in [3.63, 3.8) is 0 Å². The fourth-order valence-electron chi connectivity index (χ4n) is 2.04. The molecule has 0 fully saturated rings. The van der Waals surface area contributed by atoms with Crippen LogP contribution >= 0.6 is 35.0 Å². The van der Waals surface area contributed by atoms with Crippen molar-refractivity contribution in [2.45, 2.75) is 22.9 Å². The number of nitrogens with one attached hydrogen (secondary N) is 2. The number of ether oxygens (including phenoxy) is 1. The van der Waals surface area contributed by atoms with E-state index in [0.717, 1.165) is 0 Å². The fourth-order valence-corrected chi connectivity index (χ4v) is 4.55. The Balaban J connectivity index is 1.95. The zero-order valence-corrected chi connectivity index (χ0v) is 18.6. The van der Waals surface area contributed by atoms with E-state index in [2.05, 4.69) is 20.0 Å². The summed E-state index contributed by atoms with van der Waals surface area (Å²) in [5, 5.41) is 3.11. The minimum absolute atomic E-state index is 0.0753. The van der Waals surface area contributed by atoms with Crippen molar-refractivity contribution >= 4 is 50.9 Å². The largest absolute Gasteiger partial charge is 0.460 e. The van der Waals surface area contributed by atoms with E-state index in [1.165, 1.54) is 43.2 Å². The summed E-state index contributed by atoms with van der Waals surface area (Å²) in [7, 11) is -2.41. The van der Waals surface area contributed by atoms with Crippen molar-refractivity contribution in [3.8, 4) is 5.88 Å². The first-order valence-corrected chi connectivity index (χ1v) is 11.4. The number of carbonyl (C=O) groups is 1. The number of sulfonamides is 1. The highest BCUT2D eigenvalue weighted by Crippen LogP contribution is 2.28. The van der Waals surface area contributed by atoms with Gasteiger partial charge in [0.2, 0.25) is 21.8 Å². The van der Waals surface area contributed by atoms with Crippen LogP contribution in [0.15, 0.2) is 34.3 Å². The number of nitrogens with two attached hydrogens (primary N) is 1. The number of aryl methyl sites for hydroxylation is 1. The first-order valence-electron chi connectivity index (χ1n) is 8.15. The molecule has 158 valence electrons. The Bertz CT molecular complexity index is 991. The van der Waals surface area contributed by atoms with Crippen molar-refractivity contribution in [3.05, 3.63) is 40.1 Å². The molecule has 0 spiro atoms. The number of hydrogen-bond donors (Lipinski definition) is 3. The minimum Gasteiger partial charge on any atom is -0.460 e. The molecule has 0 unspecified atom stereocenters. The minimum atomic E-state index is -3.93. The number of rotatable bonds is 9. The van der Waals surface area contributed by atoms with Crippen LogP contribution in [0, 0.1) is 6.92 Å². The van der Waals surface area contributed by atoms with Gasteiger partial charge in [-0.3, -0.25) is 4.79 Å². The molecule has 0 bridgehead atoms. The molecule has 0 saturated carbocycles. The Labute approximate surface area is 182 Å². The van der Waals surface area contributed by atoms with Gasteiger partial charge in [0.25, 0.3) is 0 Å². The van der Waals surface area contributed by atoms with E-state index >= 15 is 0 Å². The van der Waals surface area contributed by atoms with Gasteiger partial charge in [-0.25, -0.2) is 18.4 Å². The van der Waals surface area contributed by atoms with Gasteiger partial charge in [0.1, 0.15) is 9.92 Å². The molecule has 9 nitrogen and oxygen atoms in total. The fraction of sp³-hybridized carbons (Fsp3) is 0.312. The van der Waals surface area contributed by atoms with E-state index in [9.17, 15) is 13.2 Å². The third kappa shape index (κ3) is 6.43. The molecule has 1 amide bonds. The third-order valence-corrected chi connectivity index (χ3v) is 7.09. The predicted molar refractivity (Wildman–Crippen MR) is 112 cm³/mol. The van der Waals surface area contributed by atoms with E-state index in [-0.39, 0.29) is 33.5 Å². The Morgan fingerprint density at radius 1 is 1.38 bits per heavy atom. The van der Waals surface area contributed by atoms with Crippen LogP contribution in [0.25, 0.3) is 0 Å². The van der Waals surface area contributed by atoms with E-state index in [1.54, 1.807) is 6.92 Å². The van der Waals surface area contributed by atoms with Gasteiger partial charge in [0, 0.05) is 12.8 Å². The van der Waals surface area contributed by atoms with E-state index in [4.69, 9.17) is 33.7 Å². The Kier molecular flexibility index (Phi) is 8.49. The average Bonchev–Trinajstić information content (AvgIpc) is 2.68. The predicted octanol–water partition coefficient (Wildman–Crippen LogP) is 1.57. The number of halogens is 2. The Hall–Kier alpha value is -1.63. The molecular formula is C16H19Cl2N5O4S2. The maximum absolute atomic E-state index is 12.3. The van der Waals surface area contributed by atoms with Gasteiger partial charge in [0.15, 0.2) is 6.73 Å². The van der Waals surface area contributed by atoms with Gasteiger partial charge in [-0.1, -0.05) is 29.3 Å². The molecule has 0 saturated heterocycles. The summed E-state index contributed by atoms with van der Waals surface area (Å²) in [6, 6.07) is 3.62. The topological polar surface area (TPSA) is 136 Å². The van der Waals surface area contributed by atoms with Crippen molar-refractivity contribution < 1.29 is 17.9 Å². The molecule has 0 aliphatic rings. The van der Waals surface area contributed by atoms with Crippen molar-refractivity contribution in [2.75, 3.05) is 19.5 Å². The number of benzene rings is 1. The molecule has 0 aliphatic heterocycles. The van der Waals surface area contributed by atoms with Crippen molar-refractivity contribution in [1.29, 1.82) is 0 Å². The molecule has 1 atom stereocenters. The smallest absolute Gasteiger partial charge is 0.244 e. The molecule has 29 heavy (non-hydrogen) atoms. The standard InChI is InChI=1S/C16H19Cl2N5O4S2/c1-9-16(28-7-11(19)15(24)20-2)21-6-13(23-9)27-8-22-29(25,26)12-5-3-4-10(17)14(12)18/h3-6,11,22H,7-8,19H2,1-2H3,(H,20,24)/t11-/m0/s1. The summed E-state index contributed by atoms with van der Waals surface area (Å²) in [4.78, 5) is 19.7. The number of nitrogens with zero attached hydrogens (tertiary/aromatic N) is 2. The van der Waals surface area contributed by atoms with Crippen LogP contribution < -0.4 is 20.5 Å². The second kappa shape index (κ2) is 10.4. The van der Waals surface area contributed by atoms with Gasteiger partial charge in [-0.2, -0.15) is 4.72 Å². The highest BCUT2D eigenvalue weighted by molar-refractivity contribution is 7.99. The average molecular weight is 480 g/mol. The van der Waals surface area contributed by atoms with E-state index in [1.807, 2.05) is 0 Å². The lowest BCUT2D eigenvalue weighted by Gasteiger charge is -2.12. The summed E-state index contributed by atoms with van der Waals surface area (Å²) in [5.74, 6) is 0.188. The van der Waals surface area contributed by atoms with Gasteiger partial charge in [0.05, 0.1) is 28.0 Å². The van der Waals surface area contributed by atoms with Crippen LogP contribution in [0.1, 0.15) is 5.69 Å². The van der Waals surface area contributed by atoms with Crippen LogP contribution in [0.3, 0.4) is 0 Å². The quantitative estimate of drug-likeness (QED) is 0.364. The molecule has 0 aliphatic carbocycles. The lowest BCUT2D eigenvalue weighted by atomic mass is 10.3. The van der Waals surface area contributed by atoms with Crippen LogP contribution in [0.2, 0.25) is 10.0 Å².